The number of Topliss-reactive ketones (excluding diaryl/α,β-unsaturated/α-hetero) is 2. The molecule has 2 atom stereocenters. The van der Waals surface area contributed by atoms with Crippen LogP contribution in [-0.2, 0) is 23.9 Å². The maximum Gasteiger partial charge on any atom is 0.415 e. The fraction of sp³-hybridized carbons (Fsp3) is 0.577. The summed E-state index contributed by atoms with van der Waals surface area (Å²) in [6.45, 7) is 5.73. The van der Waals surface area contributed by atoms with Gasteiger partial charge in [0.25, 0.3) is 5.79 Å². The Morgan fingerprint density at radius 3 is 2.47 bits per heavy atom. The Bertz CT molecular complexity index is 1070. The van der Waals surface area contributed by atoms with Gasteiger partial charge in [-0.3, -0.25) is 19.3 Å². The van der Waals surface area contributed by atoms with E-state index in [0.717, 1.165) is 0 Å². The van der Waals surface area contributed by atoms with Crippen LogP contribution in [0.2, 0.25) is 0 Å². The van der Waals surface area contributed by atoms with Crippen LogP contribution in [0.4, 0.5) is 4.79 Å². The smallest absolute Gasteiger partial charge is 0.415 e. The van der Waals surface area contributed by atoms with Crippen LogP contribution in [0.5, 0.6) is 5.75 Å². The number of nitrogens with two attached hydrogens (primary N) is 1. The molecular formula is C26H36N4O8. The second kappa shape index (κ2) is 12.4. The number of nitrogens with one attached hydrogen (secondary N) is 1. The lowest BCUT2D eigenvalue weighted by atomic mass is 9.77. The molecule has 1 amide bonds. The van der Waals surface area contributed by atoms with Crippen molar-refractivity contribution in [3.05, 3.63) is 29.8 Å². The van der Waals surface area contributed by atoms with E-state index >= 15 is 0 Å². The third-order valence-electron chi connectivity index (χ3n) is 6.89. The average molecular weight is 533 g/mol. The molecule has 0 saturated carbocycles. The third-order valence-corrected chi connectivity index (χ3v) is 6.89. The van der Waals surface area contributed by atoms with Crippen molar-refractivity contribution in [3.8, 4) is 5.75 Å². The lowest BCUT2D eigenvalue weighted by molar-refractivity contribution is -0.284. The molecule has 2 aliphatic rings. The summed E-state index contributed by atoms with van der Waals surface area (Å²) in [6, 6.07) is 5.94. The van der Waals surface area contributed by atoms with Gasteiger partial charge in [-0.15, -0.1) is 0 Å². The average Bonchev–Trinajstić information content (AvgIpc) is 2.88. The number of amidine groups is 1. The number of ether oxygens (including phenoxy) is 3. The number of hydrogen-bond donors (Lipinski definition) is 3. The zero-order chi connectivity index (χ0) is 27.9. The number of likely N-dealkylation sites (tertiary alicyclic amines) is 1. The van der Waals surface area contributed by atoms with E-state index in [1.165, 1.54) is 43.0 Å². The molecule has 208 valence electrons. The monoisotopic (exact) mass is 532 g/mol. The second-order valence-electron chi connectivity index (χ2n) is 9.72. The summed E-state index contributed by atoms with van der Waals surface area (Å²) >= 11 is 0. The molecule has 2 saturated heterocycles. The number of ketones is 2. The van der Waals surface area contributed by atoms with E-state index in [9.17, 15) is 19.2 Å². The lowest BCUT2D eigenvalue weighted by Crippen LogP contribution is -2.73. The number of carbonyl (C=O) groups is 4. The van der Waals surface area contributed by atoms with Crippen molar-refractivity contribution < 1.29 is 38.6 Å². The minimum Gasteiger partial charge on any atom is -0.423 e. The Morgan fingerprint density at radius 1 is 1.24 bits per heavy atom. The highest BCUT2D eigenvalue weighted by Crippen LogP contribution is 2.43. The van der Waals surface area contributed by atoms with Gasteiger partial charge >= 0.3 is 12.1 Å². The van der Waals surface area contributed by atoms with Crippen molar-refractivity contribution in [2.24, 2.45) is 10.9 Å². The molecular weight excluding hydrogens is 496 g/mol. The highest BCUT2D eigenvalue weighted by Gasteiger charge is 2.64. The van der Waals surface area contributed by atoms with Crippen molar-refractivity contribution in [2.45, 2.75) is 76.7 Å². The number of benzene rings is 1. The fourth-order valence-electron chi connectivity index (χ4n) is 4.97. The number of rotatable bonds is 9. The summed E-state index contributed by atoms with van der Waals surface area (Å²) in [5, 5.41) is 15.0. The van der Waals surface area contributed by atoms with Gasteiger partial charge < -0.3 is 30.5 Å². The molecule has 1 aromatic rings. The van der Waals surface area contributed by atoms with Gasteiger partial charge in [-0.2, -0.15) is 0 Å². The molecule has 12 heteroatoms. The molecule has 0 radical (unpaired) electrons. The number of amides is 1. The predicted octanol–water partition coefficient (Wildman–Crippen LogP) is 2.10. The topological polar surface area (TPSA) is 170 Å². The third kappa shape index (κ3) is 6.13. The molecule has 12 nitrogen and oxygen atoms in total. The van der Waals surface area contributed by atoms with Crippen molar-refractivity contribution in [2.75, 3.05) is 19.6 Å². The summed E-state index contributed by atoms with van der Waals surface area (Å²) in [7, 11) is 0. The zero-order valence-corrected chi connectivity index (χ0v) is 22.0. The summed E-state index contributed by atoms with van der Waals surface area (Å²) in [6.07, 6.45) is 0.0726. The number of piperidine rings is 2. The maximum absolute atomic E-state index is 13.8. The lowest BCUT2D eigenvalue weighted by Gasteiger charge is -2.53. The zero-order valence-electron chi connectivity index (χ0n) is 22.0. The number of esters is 1. The van der Waals surface area contributed by atoms with E-state index in [0.29, 0.717) is 37.9 Å². The van der Waals surface area contributed by atoms with Crippen LogP contribution in [0.25, 0.3) is 0 Å². The minimum atomic E-state index is -2.21. The van der Waals surface area contributed by atoms with E-state index in [2.05, 4.69) is 10.5 Å². The first-order valence-electron chi connectivity index (χ1n) is 12.8. The largest absolute Gasteiger partial charge is 0.423 e. The van der Waals surface area contributed by atoms with Crippen molar-refractivity contribution in [1.29, 1.82) is 0 Å². The van der Waals surface area contributed by atoms with E-state index in [1.54, 1.807) is 6.92 Å². The van der Waals surface area contributed by atoms with Gasteiger partial charge in [0.15, 0.2) is 5.84 Å². The fourth-order valence-corrected chi connectivity index (χ4v) is 4.97. The summed E-state index contributed by atoms with van der Waals surface area (Å²) in [5.41, 5.74) is 4.33. The molecule has 3 rings (SSSR count). The van der Waals surface area contributed by atoms with Crippen LogP contribution >= 0.6 is 0 Å². The second-order valence-corrected chi connectivity index (χ2v) is 9.72. The molecule has 0 bridgehead atoms. The van der Waals surface area contributed by atoms with Gasteiger partial charge in [0.05, 0.1) is 6.10 Å². The summed E-state index contributed by atoms with van der Waals surface area (Å²) in [4.78, 5) is 53.8. The quantitative estimate of drug-likeness (QED) is 0.107. The van der Waals surface area contributed by atoms with Gasteiger partial charge in [0.2, 0.25) is 5.78 Å². The van der Waals surface area contributed by atoms with Gasteiger partial charge in [-0.25, -0.2) is 4.79 Å². The Morgan fingerprint density at radius 2 is 1.89 bits per heavy atom. The highest BCUT2D eigenvalue weighted by atomic mass is 16.7. The SMILES string of the molecule is CCCC(=O)C(OC(C)=O)(OC1CCNCC1)C1(C)CC(=O)CCN1C(=O)Oc1ccc(C(N)=NO)cc1. The highest BCUT2D eigenvalue weighted by molar-refractivity contribution is 5.97. The Kier molecular flexibility index (Phi) is 9.45. The molecule has 1 aromatic carbocycles. The van der Waals surface area contributed by atoms with Gasteiger partial charge in [0, 0.05) is 38.3 Å². The van der Waals surface area contributed by atoms with E-state index < -0.39 is 35.3 Å². The minimum absolute atomic E-state index is 0.0141. The normalized spacial score (nSPS) is 22.4. The van der Waals surface area contributed by atoms with Crippen LogP contribution in [0.3, 0.4) is 0 Å². The standard InChI is InChI=1S/C26H36N4O8/c1-4-5-22(33)26(37-17(2)31,38-21-10-13-28-14-11-21)25(3)16-19(32)12-15-30(25)24(34)36-20-8-6-18(7-9-20)23(27)29-35/h6-9,21,28,35H,4-5,10-16H2,1-3H3,(H2,27,29). The number of nitrogens with zero attached hydrogens (tertiary/aromatic N) is 2. The molecule has 0 aliphatic carbocycles. The molecule has 2 unspecified atom stereocenters. The molecule has 2 fully saturated rings. The van der Waals surface area contributed by atoms with E-state index in [1.807, 2.05) is 0 Å². The number of hydrogen-bond acceptors (Lipinski definition) is 10. The van der Waals surface area contributed by atoms with Crippen LogP contribution in [0.1, 0.15) is 64.9 Å². The van der Waals surface area contributed by atoms with Gasteiger partial charge in [-0.1, -0.05) is 12.1 Å². The number of oxime groups is 1. The van der Waals surface area contributed by atoms with Crippen LogP contribution in [-0.4, -0.2) is 76.6 Å². The molecule has 0 aromatic heterocycles. The summed E-state index contributed by atoms with van der Waals surface area (Å²) in [5.74, 6) is -3.65. The molecule has 2 heterocycles. The summed E-state index contributed by atoms with van der Waals surface area (Å²) < 4.78 is 17.7. The van der Waals surface area contributed by atoms with E-state index in [-0.39, 0.29) is 43.2 Å². The van der Waals surface area contributed by atoms with Crippen LogP contribution < -0.4 is 15.8 Å². The van der Waals surface area contributed by atoms with Gasteiger partial charge in [0.1, 0.15) is 17.1 Å². The number of carbonyl (C=O) groups excluding carboxylic acids is 4. The molecule has 4 N–H and O–H groups in total. The van der Waals surface area contributed by atoms with Gasteiger partial charge in [-0.05, 0) is 63.5 Å². The maximum atomic E-state index is 13.8. The molecule has 0 spiro atoms. The Balaban J connectivity index is 2.03. The first kappa shape index (κ1) is 29.1. The predicted molar refractivity (Wildman–Crippen MR) is 136 cm³/mol. The first-order chi connectivity index (χ1) is 18.1. The van der Waals surface area contributed by atoms with Crippen LogP contribution in [0, 0.1) is 0 Å². The van der Waals surface area contributed by atoms with Crippen molar-refractivity contribution in [3.63, 3.8) is 0 Å². The molecule has 2 aliphatic heterocycles. The Hall–Kier alpha value is -3.51. The van der Waals surface area contributed by atoms with E-state index in [4.69, 9.17) is 25.2 Å². The van der Waals surface area contributed by atoms with Crippen molar-refractivity contribution in [1.82, 2.24) is 10.2 Å². The Labute approximate surface area is 221 Å². The molecule has 38 heavy (non-hydrogen) atoms. The first-order valence-corrected chi connectivity index (χ1v) is 12.8. The van der Waals surface area contributed by atoms with Crippen LogP contribution in [0.15, 0.2) is 29.4 Å². The van der Waals surface area contributed by atoms with Crippen molar-refractivity contribution >= 4 is 29.5 Å².